The maximum absolute atomic E-state index is 13.1. The van der Waals surface area contributed by atoms with Crippen LogP contribution in [0.2, 0.25) is 0 Å². The average Bonchev–Trinajstić information content (AvgIpc) is 2.49. The van der Waals surface area contributed by atoms with Gasteiger partial charge >= 0.3 is 12.1 Å². The lowest BCUT2D eigenvalue weighted by atomic mass is 9.79. The monoisotopic (exact) mass is 357 g/mol. The van der Waals surface area contributed by atoms with E-state index >= 15 is 0 Å². The van der Waals surface area contributed by atoms with Crippen LogP contribution < -0.4 is 5.32 Å². The summed E-state index contributed by atoms with van der Waals surface area (Å²) in [5.41, 5.74) is -2.12. The van der Waals surface area contributed by atoms with Crippen molar-refractivity contribution in [3.63, 3.8) is 0 Å². The molecule has 0 fully saturated rings. The lowest BCUT2D eigenvalue weighted by Gasteiger charge is -2.26. The van der Waals surface area contributed by atoms with Crippen LogP contribution in [0.1, 0.15) is 35.1 Å². The summed E-state index contributed by atoms with van der Waals surface area (Å²) in [5, 5.41) is 20.8. The van der Waals surface area contributed by atoms with Gasteiger partial charge in [0, 0.05) is 11.5 Å². The summed E-state index contributed by atoms with van der Waals surface area (Å²) in [4.78, 5) is 34.9. The number of amides is 1. The molecule has 2 rings (SSSR count). The number of carboxylic acids is 1. The number of aliphatic carboxylic acids is 1. The number of Topliss-reactive ketones (excluding diaryl/α,β-unsaturated/α-hetero) is 1. The quantitative estimate of drug-likeness (QED) is 0.720. The summed E-state index contributed by atoms with van der Waals surface area (Å²) in [6.07, 6.45) is -4.67. The number of fused-ring (bicyclic) bond motifs is 1. The number of hydrogen-bond acceptors (Lipinski definition) is 4. The van der Waals surface area contributed by atoms with Crippen molar-refractivity contribution in [2.45, 2.75) is 25.9 Å². The molecule has 3 N–H and O–H groups in total. The predicted octanol–water partition coefficient (Wildman–Crippen LogP) is 2.17. The van der Waals surface area contributed by atoms with Gasteiger partial charge in [-0.05, 0) is 24.1 Å². The second-order valence-corrected chi connectivity index (χ2v) is 5.59. The van der Waals surface area contributed by atoms with Crippen molar-refractivity contribution < 1.29 is 37.8 Å². The van der Waals surface area contributed by atoms with Crippen LogP contribution >= 0.6 is 0 Å². The average molecular weight is 357 g/mol. The van der Waals surface area contributed by atoms with Gasteiger partial charge in [-0.2, -0.15) is 13.2 Å². The van der Waals surface area contributed by atoms with E-state index in [1.54, 1.807) is 0 Å². The highest BCUT2D eigenvalue weighted by molar-refractivity contribution is 6.27. The molecule has 1 atom stereocenters. The van der Waals surface area contributed by atoms with Gasteiger partial charge in [0.05, 0.1) is 5.56 Å². The molecule has 25 heavy (non-hydrogen) atoms. The molecule has 1 aromatic carbocycles. The van der Waals surface area contributed by atoms with Gasteiger partial charge in [0.1, 0.15) is 17.9 Å². The fraction of sp³-hybridized carbons (Fsp3) is 0.312. The molecule has 6 nitrogen and oxygen atoms in total. The number of carbonyl (C=O) groups is 3. The Bertz CT molecular complexity index is 811. The van der Waals surface area contributed by atoms with Gasteiger partial charge in [0.15, 0.2) is 5.78 Å². The molecule has 0 saturated heterocycles. The standard InChI is InChI=1S/C16H14F3NO5/c1-6-8-3-4-9(16(17,18)19)7(2)11(8)14(24)12(13(6)23)15(25)20-5-10(21)22/h3-4,6,24H,5H2,1-2H3,(H,20,25)(H,21,22). The number of alkyl halides is 3. The molecule has 9 heteroatoms. The highest BCUT2D eigenvalue weighted by Crippen LogP contribution is 2.41. The van der Waals surface area contributed by atoms with Gasteiger partial charge in [-0.25, -0.2) is 0 Å². The molecule has 0 saturated carbocycles. The van der Waals surface area contributed by atoms with Crippen LogP contribution in [-0.4, -0.2) is 34.4 Å². The van der Waals surface area contributed by atoms with Gasteiger partial charge in [0.2, 0.25) is 0 Å². The first kappa shape index (κ1) is 18.5. The maximum Gasteiger partial charge on any atom is 0.416 e. The van der Waals surface area contributed by atoms with Gasteiger partial charge in [0.25, 0.3) is 5.91 Å². The number of rotatable bonds is 3. The second-order valence-electron chi connectivity index (χ2n) is 5.59. The smallest absolute Gasteiger partial charge is 0.416 e. The first-order chi connectivity index (χ1) is 11.5. The highest BCUT2D eigenvalue weighted by Gasteiger charge is 2.40. The van der Waals surface area contributed by atoms with Crippen molar-refractivity contribution in [2.75, 3.05) is 6.54 Å². The Hall–Kier alpha value is -2.84. The Balaban J connectivity index is 2.65. The summed E-state index contributed by atoms with van der Waals surface area (Å²) < 4.78 is 39.2. The van der Waals surface area contributed by atoms with Gasteiger partial charge in [-0.3, -0.25) is 14.4 Å². The number of ketones is 1. The maximum atomic E-state index is 13.1. The molecule has 0 heterocycles. The molecular weight excluding hydrogens is 343 g/mol. The SMILES string of the molecule is Cc1c(C(F)(F)F)ccc2c1C(O)=C(C(=O)NCC(=O)O)C(=O)C2C. The molecule has 1 aromatic rings. The van der Waals surface area contributed by atoms with Crippen LogP contribution in [0.15, 0.2) is 17.7 Å². The van der Waals surface area contributed by atoms with E-state index in [4.69, 9.17) is 5.11 Å². The zero-order valence-corrected chi connectivity index (χ0v) is 13.2. The molecule has 134 valence electrons. The van der Waals surface area contributed by atoms with Crippen LogP contribution in [-0.2, 0) is 20.6 Å². The zero-order valence-electron chi connectivity index (χ0n) is 13.2. The third-order valence-electron chi connectivity index (χ3n) is 4.01. The van der Waals surface area contributed by atoms with E-state index in [0.29, 0.717) is 0 Å². The van der Waals surface area contributed by atoms with Gasteiger partial charge < -0.3 is 15.5 Å². The summed E-state index contributed by atoms with van der Waals surface area (Å²) in [6.45, 7) is 1.73. The normalized spacial score (nSPS) is 17.3. The third kappa shape index (κ3) is 3.21. The first-order valence-electron chi connectivity index (χ1n) is 7.15. The Labute approximate surface area is 140 Å². The molecule has 0 bridgehead atoms. The molecule has 0 spiro atoms. The number of hydrogen-bond donors (Lipinski definition) is 3. The van der Waals surface area contributed by atoms with Crippen LogP contribution in [0.3, 0.4) is 0 Å². The molecule has 0 radical (unpaired) electrons. The van der Waals surface area contributed by atoms with E-state index in [-0.39, 0.29) is 16.7 Å². The fourth-order valence-electron chi connectivity index (χ4n) is 2.78. The molecule has 0 aliphatic heterocycles. The van der Waals surface area contributed by atoms with Crippen LogP contribution in [0.5, 0.6) is 0 Å². The van der Waals surface area contributed by atoms with Crippen LogP contribution in [0, 0.1) is 6.92 Å². The minimum atomic E-state index is -4.67. The van der Waals surface area contributed by atoms with Crippen molar-refractivity contribution in [1.82, 2.24) is 5.32 Å². The molecule has 1 aliphatic carbocycles. The van der Waals surface area contributed by atoms with E-state index in [2.05, 4.69) is 0 Å². The van der Waals surface area contributed by atoms with E-state index in [1.165, 1.54) is 6.92 Å². The minimum Gasteiger partial charge on any atom is -0.506 e. The number of benzene rings is 1. The van der Waals surface area contributed by atoms with E-state index in [9.17, 15) is 32.7 Å². The Morgan fingerprint density at radius 3 is 2.40 bits per heavy atom. The topological polar surface area (TPSA) is 104 Å². The third-order valence-corrected chi connectivity index (χ3v) is 4.01. The Kier molecular flexibility index (Phi) is 4.61. The summed E-state index contributed by atoms with van der Waals surface area (Å²) in [7, 11) is 0. The predicted molar refractivity (Wildman–Crippen MR) is 79.8 cm³/mol. The van der Waals surface area contributed by atoms with Crippen LogP contribution in [0.4, 0.5) is 13.2 Å². The van der Waals surface area contributed by atoms with Crippen molar-refractivity contribution in [3.8, 4) is 0 Å². The summed E-state index contributed by atoms with van der Waals surface area (Å²) >= 11 is 0. The molecule has 1 amide bonds. The number of halogens is 3. The van der Waals surface area contributed by atoms with E-state index < -0.39 is 53.2 Å². The van der Waals surface area contributed by atoms with Crippen molar-refractivity contribution in [3.05, 3.63) is 40.0 Å². The lowest BCUT2D eigenvalue weighted by Crippen LogP contribution is -2.36. The van der Waals surface area contributed by atoms with E-state index in [0.717, 1.165) is 19.1 Å². The van der Waals surface area contributed by atoms with E-state index in [1.807, 2.05) is 5.32 Å². The second kappa shape index (κ2) is 6.23. The fourth-order valence-corrected chi connectivity index (χ4v) is 2.78. The number of carbonyl (C=O) groups excluding carboxylic acids is 2. The zero-order chi connectivity index (χ0) is 19.1. The highest BCUT2D eigenvalue weighted by atomic mass is 19.4. The minimum absolute atomic E-state index is 0.169. The number of aliphatic hydroxyl groups excluding tert-OH is 1. The van der Waals surface area contributed by atoms with Crippen molar-refractivity contribution in [1.29, 1.82) is 0 Å². The summed E-state index contributed by atoms with van der Waals surface area (Å²) in [5.74, 6) is -5.17. The van der Waals surface area contributed by atoms with Crippen LogP contribution in [0.25, 0.3) is 5.76 Å². The lowest BCUT2D eigenvalue weighted by molar-refractivity contribution is -0.138. The Morgan fingerprint density at radius 2 is 1.88 bits per heavy atom. The number of aliphatic hydroxyl groups is 1. The largest absolute Gasteiger partial charge is 0.506 e. The van der Waals surface area contributed by atoms with Gasteiger partial charge in [-0.1, -0.05) is 13.0 Å². The molecule has 0 aromatic heterocycles. The number of carboxylic acid groups (broad SMARTS) is 1. The first-order valence-corrected chi connectivity index (χ1v) is 7.15. The summed E-state index contributed by atoms with van der Waals surface area (Å²) in [6, 6.07) is 1.91. The molecule has 1 unspecified atom stereocenters. The van der Waals surface area contributed by atoms with Crippen molar-refractivity contribution >= 4 is 23.4 Å². The molecule has 1 aliphatic rings. The van der Waals surface area contributed by atoms with Gasteiger partial charge in [-0.15, -0.1) is 0 Å². The van der Waals surface area contributed by atoms with Crippen molar-refractivity contribution in [2.24, 2.45) is 0 Å². The molecular formula is C16H14F3NO5. The number of nitrogens with one attached hydrogen (secondary N) is 1. The Morgan fingerprint density at radius 1 is 1.28 bits per heavy atom.